The zero-order valence-electron chi connectivity index (χ0n) is 10.8. The van der Waals surface area contributed by atoms with Gasteiger partial charge in [-0.25, -0.2) is 8.78 Å². The lowest BCUT2D eigenvalue weighted by atomic mass is 9.94. The second-order valence-corrected chi connectivity index (χ2v) is 5.96. The molecule has 2 aromatic rings. The number of hydrogen-bond donors (Lipinski definition) is 0. The third-order valence-electron chi connectivity index (χ3n) is 3.13. The number of rotatable bonds is 5. The van der Waals surface area contributed by atoms with Gasteiger partial charge in [-0.3, -0.25) is 0 Å². The molecule has 0 bridgehead atoms. The molecule has 4 heteroatoms. The van der Waals surface area contributed by atoms with E-state index in [0.29, 0.717) is 17.9 Å². The Bertz CT molecular complexity index is 566. The minimum atomic E-state index is -0.547. The van der Waals surface area contributed by atoms with Crippen molar-refractivity contribution in [2.24, 2.45) is 5.92 Å². The van der Waals surface area contributed by atoms with E-state index >= 15 is 0 Å². The standard InChI is InChI=1S/C16H14BrClF2/c17-16-4-2-1-3-13(16)6-12(10-18)5-11-7-14(19)9-15(20)8-11/h1-4,7-9,12H,5-6,10H2. The van der Waals surface area contributed by atoms with E-state index in [0.717, 1.165) is 22.5 Å². The fourth-order valence-electron chi connectivity index (χ4n) is 2.22. The summed E-state index contributed by atoms with van der Waals surface area (Å²) in [5.74, 6) is -0.514. The summed E-state index contributed by atoms with van der Waals surface area (Å²) in [7, 11) is 0. The van der Waals surface area contributed by atoms with E-state index in [-0.39, 0.29) is 5.92 Å². The topological polar surface area (TPSA) is 0 Å². The van der Waals surface area contributed by atoms with Gasteiger partial charge in [0.2, 0.25) is 0 Å². The molecule has 0 N–H and O–H groups in total. The van der Waals surface area contributed by atoms with E-state index in [9.17, 15) is 8.78 Å². The van der Waals surface area contributed by atoms with Gasteiger partial charge in [-0.15, -0.1) is 11.6 Å². The Morgan fingerprint density at radius 2 is 1.65 bits per heavy atom. The molecule has 0 fully saturated rings. The molecule has 0 heterocycles. The Hall–Kier alpha value is -0.930. The molecule has 0 radical (unpaired) electrons. The van der Waals surface area contributed by atoms with Gasteiger partial charge in [0, 0.05) is 16.4 Å². The highest BCUT2D eigenvalue weighted by Gasteiger charge is 2.13. The Morgan fingerprint density at radius 1 is 1.00 bits per heavy atom. The third kappa shape index (κ3) is 4.29. The highest BCUT2D eigenvalue weighted by Crippen LogP contribution is 2.23. The summed E-state index contributed by atoms with van der Waals surface area (Å²) in [5, 5.41) is 0. The van der Waals surface area contributed by atoms with E-state index < -0.39 is 11.6 Å². The summed E-state index contributed by atoms with van der Waals surface area (Å²) < 4.78 is 27.4. The van der Waals surface area contributed by atoms with E-state index in [2.05, 4.69) is 15.9 Å². The maximum atomic E-state index is 13.2. The van der Waals surface area contributed by atoms with Gasteiger partial charge in [0.05, 0.1) is 0 Å². The van der Waals surface area contributed by atoms with Crippen molar-refractivity contribution in [3.63, 3.8) is 0 Å². The molecular weight excluding hydrogens is 346 g/mol. The van der Waals surface area contributed by atoms with E-state index in [1.807, 2.05) is 24.3 Å². The molecule has 0 saturated heterocycles. The maximum Gasteiger partial charge on any atom is 0.126 e. The fraction of sp³-hybridized carbons (Fsp3) is 0.250. The molecule has 106 valence electrons. The molecule has 1 unspecified atom stereocenters. The van der Waals surface area contributed by atoms with Crippen LogP contribution in [0.1, 0.15) is 11.1 Å². The molecule has 0 aromatic heterocycles. The zero-order valence-corrected chi connectivity index (χ0v) is 13.1. The van der Waals surface area contributed by atoms with Crippen LogP contribution in [0, 0.1) is 17.6 Å². The molecule has 2 rings (SSSR count). The number of halogens is 4. The first kappa shape index (κ1) is 15.5. The van der Waals surface area contributed by atoms with Crippen molar-refractivity contribution < 1.29 is 8.78 Å². The van der Waals surface area contributed by atoms with E-state index in [4.69, 9.17) is 11.6 Å². The largest absolute Gasteiger partial charge is 0.207 e. The second-order valence-electron chi connectivity index (χ2n) is 4.80. The summed E-state index contributed by atoms with van der Waals surface area (Å²) in [6.07, 6.45) is 1.32. The molecular formula is C16H14BrClF2. The zero-order chi connectivity index (χ0) is 14.5. The maximum absolute atomic E-state index is 13.2. The monoisotopic (exact) mass is 358 g/mol. The number of hydrogen-bond acceptors (Lipinski definition) is 0. The Balaban J connectivity index is 2.11. The lowest BCUT2D eigenvalue weighted by Crippen LogP contribution is -2.11. The summed E-state index contributed by atoms with van der Waals surface area (Å²) in [6, 6.07) is 11.5. The van der Waals surface area contributed by atoms with Crippen LogP contribution >= 0.6 is 27.5 Å². The molecule has 1 atom stereocenters. The predicted octanol–water partition coefficient (Wildman–Crippen LogP) is 5.37. The smallest absolute Gasteiger partial charge is 0.126 e. The predicted molar refractivity (Wildman–Crippen MR) is 82.1 cm³/mol. The van der Waals surface area contributed by atoms with Crippen LogP contribution in [-0.2, 0) is 12.8 Å². The van der Waals surface area contributed by atoms with Gasteiger partial charge >= 0.3 is 0 Å². The molecule has 0 amide bonds. The lowest BCUT2D eigenvalue weighted by molar-refractivity contribution is 0.556. The van der Waals surface area contributed by atoms with Crippen LogP contribution in [0.4, 0.5) is 8.78 Å². The van der Waals surface area contributed by atoms with Crippen LogP contribution in [0.2, 0.25) is 0 Å². The molecule has 0 spiro atoms. The summed E-state index contributed by atoms with van der Waals surface area (Å²) >= 11 is 9.50. The average Bonchev–Trinajstić information content (AvgIpc) is 2.39. The summed E-state index contributed by atoms with van der Waals surface area (Å²) in [4.78, 5) is 0. The molecule has 0 aliphatic heterocycles. The van der Waals surface area contributed by atoms with Crippen LogP contribution in [0.3, 0.4) is 0 Å². The Labute approximate surface area is 130 Å². The highest BCUT2D eigenvalue weighted by atomic mass is 79.9. The quantitative estimate of drug-likeness (QED) is 0.630. The van der Waals surface area contributed by atoms with Crippen molar-refractivity contribution in [3.8, 4) is 0 Å². The molecule has 0 aliphatic carbocycles. The average molecular weight is 360 g/mol. The second kappa shape index (κ2) is 7.19. The van der Waals surface area contributed by atoms with Gasteiger partial charge in [0.25, 0.3) is 0 Å². The Morgan fingerprint density at radius 3 is 2.25 bits per heavy atom. The van der Waals surface area contributed by atoms with Gasteiger partial charge in [0.15, 0.2) is 0 Å². The van der Waals surface area contributed by atoms with Gasteiger partial charge in [-0.05, 0) is 48.1 Å². The molecule has 0 aliphatic rings. The van der Waals surface area contributed by atoms with E-state index in [1.54, 1.807) is 0 Å². The first-order valence-corrected chi connectivity index (χ1v) is 7.65. The van der Waals surface area contributed by atoms with Gasteiger partial charge < -0.3 is 0 Å². The minimum absolute atomic E-state index is 0.136. The fourth-order valence-corrected chi connectivity index (χ4v) is 2.88. The molecule has 0 nitrogen and oxygen atoms in total. The van der Waals surface area contributed by atoms with Gasteiger partial charge in [0.1, 0.15) is 11.6 Å². The first-order valence-electron chi connectivity index (χ1n) is 6.33. The van der Waals surface area contributed by atoms with E-state index in [1.165, 1.54) is 12.1 Å². The van der Waals surface area contributed by atoms with Crippen molar-refractivity contribution in [1.29, 1.82) is 0 Å². The third-order valence-corrected chi connectivity index (χ3v) is 4.34. The number of benzene rings is 2. The summed E-state index contributed by atoms with van der Waals surface area (Å²) in [5.41, 5.74) is 1.79. The van der Waals surface area contributed by atoms with Crippen molar-refractivity contribution in [1.82, 2.24) is 0 Å². The van der Waals surface area contributed by atoms with Crippen LogP contribution < -0.4 is 0 Å². The molecule has 2 aromatic carbocycles. The first-order chi connectivity index (χ1) is 9.58. The molecule has 0 saturated carbocycles. The lowest BCUT2D eigenvalue weighted by Gasteiger charge is -2.15. The molecule has 20 heavy (non-hydrogen) atoms. The van der Waals surface area contributed by atoms with Crippen molar-refractivity contribution >= 4 is 27.5 Å². The highest BCUT2D eigenvalue weighted by molar-refractivity contribution is 9.10. The normalized spacial score (nSPS) is 12.4. The SMILES string of the molecule is Fc1cc(F)cc(CC(CCl)Cc2ccccc2Br)c1. The van der Waals surface area contributed by atoms with Crippen LogP contribution in [0.15, 0.2) is 46.9 Å². The Kier molecular flexibility index (Phi) is 5.55. The summed E-state index contributed by atoms with van der Waals surface area (Å²) in [6.45, 7) is 0. The number of alkyl halides is 1. The minimum Gasteiger partial charge on any atom is -0.207 e. The van der Waals surface area contributed by atoms with Crippen LogP contribution in [0.5, 0.6) is 0 Å². The van der Waals surface area contributed by atoms with Crippen molar-refractivity contribution in [2.75, 3.05) is 5.88 Å². The van der Waals surface area contributed by atoms with Crippen molar-refractivity contribution in [3.05, 3.63) is 69.7 Å². The van der Waals surface area contributed by atoms with Crippen LogP contribution in [-0.4, -0.2) is 5.88 Å². The van der Waals surface area contributed by atoms with Crippen molar-refractivity contribution in [2.45, 2.75) is 12.8 Å². The van der Waals surface area contributed by atoms with Crippen LogP contribution in [0.25, 0.3) is 0 Å². The van der Waals surface area contributed by atoms with Gasteiger partial charge in [-0.2, -0.15) is 0 Å². The van der Waals surface area contributed by atoms with Gasteiger partial charge in [-0.1, -0.05) is 34.1 Å².